The summed E-state index contributed by atoms with van der Waals surface area (Å²) >= 11 is 0. The van der Waals surface area contributed by atoms with E-state index in [4.69, 9.17) is 5.11 Å². The molecular formula is C11H14N4O4. The van der Waals surface area contributed by atoms with E-state index in [1.54, 1.807) is 0 Å². The smallest absolute Gasteiger partial charge is 0.326 e. The Morgan fingerprint density at radius 1 is 1.42 bits per heavy atom. The summed E-state index contributed by atoms with van der Waals surface area (Å²) in [6.07, 6.45) is 2.75. The molecule has 2 heterocycles. The van der Waals surface area contributed by atoms with Crippen LogP contribution in [-0.2, 0) is 16.1 Å². The van der Waals surface area contributed by atoms with Crippen LogP contribution in [0.5, 0.6) is 0 Å². The van der Waals surface area contributed by atoms with E-state index >= 15 is 0 Å². The Labute approximate surface area is 108 Å². The second kappa shape index (κ2) is 4.30. The van der Waals surface area contributed by atoms with Crippen LogP contribution in [0.1, 0.15) is 12.8 Å². The molecule has 1 aromatic heterocycles. The summed E-state index contributed by atoms with van der Waals surface area (Å²) in [4.78, 5) is 28.3. The van der Waals surface area contributed by atoms with Crippen LogP contribution in [0, 0.1) is 5.92 Å². The van der Waals surface area contributed by atoms with Crippen LogP contribution in [0.25, 0.3) is 0 Å². The first-order valence-electron chi connectivity index (χ1n) is 6.13. The van der Waals surface area contributed by atoms with Crippen LogP contribution in [0.15, 0.2) is 12.7 Å². The van der Waals surface area contributed by atoms with Crippen LogP contribution in [0.4, 0.5) is 0 Å². The highest BCUT2D eigenvalue weighted by atomic mass is 16.4. The van der Waals surface area contributed by atoms with Gasteiger partial charge in [-0.15, -0.1) is 0 Å². The maximum Gasteiger partial charge on any atom is 0.326 e. The third-order valence-corrected chi connectivity index (χ3v) is 3.76. The standard InChI is InChI=1S/C11H14N4O4/c16-9(3-14-5-12-4-13-14)10(17)15-7-1-6(7)2-8(15)11(18)19/h4-9,16H,1-3H2,(H,18,19)/t6-,7-,8-,9?/m0/s1. The fourth-order valence-electron chi connectivity index (χ4n) is 2.75. The molecule has 8 nitrogen and oxygen atoms in total. The molecule has 0 radical (unpaired) electrons. The van der Waals surface area contributed by atoms with E-state index in [9.17, 15) is 14.7 Å². The van der Waals surface area contributed by atoms with Gasteiger partial charge in [-0.3, -0.25) is 4.79 Å². The Hall–Kier alpha value is -1.96. The largest absolute Gasteiger partial charge is 0.480 e. The number of carboxylic acids is 1. The predicted octanol–water partition coefficient (Wildman–Crippen LogP) is -1.29. The van der Waals surface area contributed by atoms with E-state index < -0.39 is 24.0 Å². The van der Waals surface area contributed by atoms with Gasteiger partial charge < -0.3 is 15.1 Å². The maximum absolute atomic E-state index is 12.2. The zero-order chi connectivity index (χ0) is 13.6. The molecule has 2 N–H and O–H groups in total. The van der Waals surface area contributed by atoms with Gasteiger partial charge in [0.25, 0.3) is 5.91 Å². The van der Waals surface area contributed by atoms with Crippen molar-refractivity contribution < 1.29 is 19.8 Å². The number of carboxylic acid groups (broad SMARTS) is 1. The Morgan fingerprint density at radius 2 is 2.21 bits per heavy atom. The lowest BCUT2D eigenvalue weighted by atomic mass is 10.1. The van der Waals surface area contributed by atoms with Crippen LogP contribution in [0.3, 0.4) is 0 Å². The van der Waals surface area contributed by atoms with Gasteiger partial charge in [-0.2, -0.15) is 5.10 Å². The predicted molar refractivity (Wildman–Crippen MR) is 60.8 cm³/mol. The van der Waals surface area contributed by atoms with E-state index in [-0.39, 0.29) is 18.5 Å². The molecular weight excluding hydrogens is 252 g/mol. The number of aliphatic hydroxyl groups is 1. The zero-order valence-corrected chi connectivity index (χ0v) is 10.1. The first-order chi connectivity index (χ1) is 9.08. The van der Waals surface area contributed by atoms with Crippen molar-refractivity contribution >= 4 is 11.9 Å². The average Bonchev–Trinajstić information content (AvgIpc) is 2.80. The van der Waals surface area contributed by atoms with Gasteiger partial charge in [-0.05, 0) is 18.8 Å². The highest BCUT2D eigenvalue weighted by Gasteiger charge is 2.56. The Kier molecular flexibility index (Phi) is 2.74. The lowest BCUT2D eigenvalue weighted by Crippen LogP contribution is -2.48. The molecule has 0 spiro atoms. The van der Waals surface area contributed by atoms with Crippen LogP contribution >= 0.6 is 0 Å². The fourth-order valence-corrected chi connectivity index (χ4v) is 2.75. The highest BCUT2D eigenvalue weighted by molar-refractivity contribution is 5.87. The topological polar surface area (TPSA) is 109 Å². The zero-order valence-electron chi connectivity index (χ0n) is 10.1. The summed E-state index contributed by atoms with van der Waals surface area (Å²) in [5.74, 6) is -1.26. The number of aliphatic carboxylic acids is 1. The van der Waals surface area contributed by atoms with Crippen molar-refractivity contribution in [2.75, 3.05) is 0 Å². The Morgan fingerprint density at radius 3 is 2.84 bits per heavy atom. The summed E-state index contributed by atoms with van der Waals surface area (Å²) in [5, 5.41) is 22.8. The highest BCUT2D eigenvalue weighted by Crippen LogP contribution is 2.48. The quantitative estimate of drug-likeness (QED) is 0.702. The van der Waals surface area contributed by atoms with Crippen molar-refractivity contribution in [3.8, 4) is 0 Å². The van der Waals surface area contributed by atoms with Gasteiger partial charge in [0, 0.05) is 6.04 Å². The molecule has 0 aromatic carbocycles. The van der Waals surface area contributed by atoms with Crippen molar-refractivity contribution in [2.24, 2.45) is 5.92 Å². The molecule has 2 aliphatic rings. The molecule has 1 saturated carbocycles. The third-order valence-electron chi connectivity index (χ3n) is 3.76. The molecule has 102 valence electrons. The van der Waals surface area contributed by atoms with Gasteiger partial charge in [0.15, 0.2) is 6.10 Å². The van der Waals surface area contributed by atoms with Gasteiger partial charge in [-0.1, -0.05) is 0 Å². The van der Waals surface area contributed by atoms with Gasteiger partial charge >= 0.3 is 5.97 Å². The number of amides is 1. The molecule has 1 aromatic rings. The SMILES string of the molecule is O=C(O)[C@@H]1C[C@@H]2C[C@@H]2N1C(=O)C(O)Cn1cncn1. The number of rotatable bonds is 4. The summed E-state index contributed by atoms with van der Waals surface area (Å²) < 4.78 is 1.35. The molecule has 19 heavy (non-hydrogen) atoms. The van der Waals surface area contributed by atoms with E-state index in [0.717, 1.165) is 6.42 Å². The van der Waals surface area contributed by atoms with E-state index in [2.05, 4.69) is 10.1 Å². The molecule has 1 saturated heterocycles. The minimum atomic E-state index is -1.29. The first-order valence-corrected chi connectivity index (χ1v) is 6.13. The second-order valence-corrected chi connectivity index (χ2v) is 5.03. The first kappa shape index (κ1) is 12.1. The summed E-state index contributed by atoms with van der Waals surface area (Å²) in [6.45, 7) is -0.0148. The number of carbonyl (C=O) groups is 2. The Balaban J connectivity index is 1.70. The van der Waals surface area contributed by atoms with Gasteiger partial charge in [-0.25, -0.2) is 14.5 Å². The molecule has 1 aliphatic carbocycles. The van der Waals surface area contributed by atoms with Crippen LogP contribution in [-0.4, -0.2) is 59.9 Å². The number of carbonyl (C=O) groups excluding carboxylic acids is 1. The molecule has 1 unspecified atom stereocenters. The fraction of sp³-hybridized carbons (Fsp3) is 0.636. The minimum Gasteiger partial charge on any atom is -0.480 e. The molecule has 8 heteroatoms. The van der Waals surface area contributed by atoms with Gasteiger partial charge in [0.2, 0.25) is 0 Å². The Bertz CT molecular complexity index is 503. The number of hydrogen-bond acceptors (Lipinski definition) is 5. The van der Waals surface area contributed by atoms with Crippen molar-refractivity contribution in [3.63, 3.8) is 0 Å². The molecule has 1 aliphatic heterocycles. The number of likely N-dealkylation sites (tertiary alicyclic amines) is 1. The number of aromatic nitrogens is 3. The molecule has 3 rings (SSSR count). The van der Waals surface area contributed by atoms with Gasteiger partial charge in [0.05, 0.1) is 6.54 Å². The van der Waals surface area contributed by atoms with Crippen LogP contribution < -0.4 is 0 Å². The normalized spacial score (nSPS) is 29.9. The lowest BCUT2D eigenvalue weighted by molar-refractivity contribution is -0.153. The van der Waals surface area contributed by atoms with Crippen LogP contribution in [0.2, 0.25) is 0 Å². The summed E-state index contributed by atoms with van der Waals surface area (Å²) in [7, 11) is 0. The van der Waals surface area contributed by atoms with Crippen molar-refractivity contribution in [1.82, 2.24) is 19.7 Å². The van der Waals surface area contributed by atoms with Crippen molar-refractivity contribution in [1.29, 1.82) is 0 Å². The second-order valence-electron chi connectivity index (χ2n) is 5.03. The lowest BCUT2D eigenvalue weighted by Gasteiger charge is -2.26. The number of hydrogen-bond donors (Lipinski definition) is 2. The summed E-state index contributed by atoms with van der Waals surface area (Å²) in [5.41, 5.74) is 0. The minimum absolute atomic E-state index is 0.0148. The monoisotopic (exact) mass is 266 g/mol. The third kappa shape index (κ3) is 2.07. The van der Waals surface area contributed by atoms with E-state index in [1.807, 2.05) is 0 Å². The number of piperidine rings is 1. The molecule has 4 atom stereocenters. The average molecular weight is 266 g/mol. The number of nitrogens with zero attached hydrogens (tertiary/aromatic N) is 4. The van der Waals surface area contributed by atoms with Crippen molar-refractivity contribution in [3.05, 3.63) is 12.7 Å². The maximum atomic E-state index is 12.2. The number of aliphatic hydroxyl groups excluding tert-OH is 1. The van der Waals surface area contributed by atoms with Gasteiger partial charge in [0.1, 0.15) is 18.7 Å². The molecule has 2 fully saturated rings. The van der Waals surface area contributed by atoms with Crippen molar-refractivity contribution in [2.45, 2.75) is 37.6 Å². The van der Waals surface area contributed by atoms with E-state index in [0.29, 0.717) is 6.42 Å². The summed E-state index contributed by atoms with van der Waals surface area (Å²) in [6, 6.07) is -0.819. The van der Waals surface area contributed by atoms with E-state index in [1.165, 1.54) is 22.2 Å². The number of fused-ring (bicyclic) bond motifs is 1. The molecule has 1 amide bonds. The molecule has 0 bridgehead atoms.